The van der Waals surface area contributed by atoms with Crippen molar-refractivity contribution in [3.05, 3.63) is 41.9 Å². The van der Waals surface area contributed by atoms with Crippen LogP contribution in [0.1, 0.15) is 24.3 Å². The Balaban J connectivity index is 1.79. The van der Waals surface area contributed by atoms with Gasteiger partial charge >= 0.3 is 0 Å². The minimum Gasteiger partial charge on any atom is -0.441 e. The molecule has 1 amide bonds. The number of hydrogen-bond donors (Lipinski definition) is 2. The number of hydrogen-bond acceptors (Lipinski definition) is 4. The summed E-state index contributed by atoms with van der Waals surface area (Å²) in [6.07, 6.45) is 3.56. The first-order chi connectivity index (χ1) is 10.7. The van der Waals surface area contributed by atoms with Gasteiger partial charge in [-0.1, -0.05) is 29.8 Å². The number of amides is 1. The minimum absolute atomic E-state index is 0.0335. The average molecular weight is 301 g/mol. The summed E-state index contributed by atoms with van der Waals surface area (Å²) in [5, 5.41) is 5.93. The second kappa shape index (κ2) is 8.34. The molecule has 0 fully saturated rings. The zero-order chi connectivity index (χ0) is 15.8. The fourth-order valence-corrected chi connectivity index (χ4v) is 2.08. The van der Waals surface area contributed by atoms with E-state index in [1.54, 1.807) is 6.20 Å². The predicted octanol–water partition coefficient (Wildman–Crippen LogP) is 2.31. The van der Waals surface area contributed by atoms with Crippen molar-refractivity contribution in [1.29, 1.82) is 0 Å². The number of aryl methyl sites for hydroxylation is 2. The molecule has 2 aromatic rings. The molecule has 0 aliphatic rings. The average Bonchev–Trinajstić information content (AvgIpc) is 2.99. The Hall–Kier alpha value is -2.14. The van der Waals surface area contributed by atoms with E-state index in [2.05, 4.69) is 15.6 Å². The molecule has 0 unspecified atom stereocenters. The van der Waals surface area contributed by atoms with Gasteiger partial charge in [0.1, 0.15) is 0 Å². The van der Waals surface area contributed by atoms with Gasteiger partial charge in [-0.15, -0.1) is 0 Å². The SMILES string of the molecule is CNCCCNC(=O)CCc1ncc(-c2ccc(C)cc2)o1. The lowest BCUT2D eigenvalue weighted by molar-refractivity contribution is -0.121. The summed E-state index contributed by atoms with van der Waals surface area (Å²) in [5.74, 6) is 1.37. The van der Waals surface area contributed by atoms with Crippen LogP contribution in [0, 0.1) is 6.92 Å². The number of oxazole rings is 1. The van der Waals surface area contributed by atoms with E-state index in [4.69, 9.17) is 4.42 Å². The Kier molecular flexibility index (Phi) is 6.15. The monoisotopic (exact) mass is 301 g/mol. The summed E-state index contributed by atoms with van der Waals surface area (Å²) in [5.41, 5.74) is 2.21. The molecular weight excluding hydrogens is 278 g/mol. The number of nitrogens with zero attached hydrogens (tertiary/aromatic N) is 1. The third kappa shape index (κ3) is 5.00. The van der Waals surface area contributed by atoms with Crippen LogP contribution in [0.25, 0.3) is 11.3 Å². The van der Waals surface area contributed by atoms with Gasteiger partial charge < -0.3 is 15.1 Å². The zero-order valence-corrected chi connectivity index (χ0v) is 13.2. The zero-order valence-electron chi connectivity index (χ0n) is 13.2. The number of carbonyl (C=O) groups is 1. The Bertz CT molecular complexity index is 590. The van der Waals surface area contributed by atoms with Crippen LogP contribution < -0.4 is 10.6 Å². The molecule has 0 saturated carbocycles. The van der Waals surface area contributed by atoms with Crippen LogP contribution in [0.2, 0.25) is 0 Å². The Morgan fingerprint density at radius 1 is 1.23 bits per heavy atom. The van der Waals surface area contributed by atoms with Crippen LogP contribution in [0.4, 0.5) is 0 Å². The Morgan fingerprint density at radius 2 is 2.00 bits per heavy atom. The van der Waals surface area contributed by atoms with Gasteiger partial charge in [-0.05, 0) is 26.9 Å². The summed E-state index contributed by atoms with van der Waals surface area (Å²) in [6.45, 7) is 3.64. The molecule has 2 N–H and O–H groups in total. The maximum Gasteiger partial charge on any atom is 0.220 e. The highest BCUT2D eigenvalue weighted by molar-refractivity contribution is 5.76. The van der Waals surface area contributed by atoms with Crippen LogP contribution in [0.5, 0.6) is 0 Å². The van der Waals surface area contributed by atoms with Crippen LogP contribution >= 0.6 is 0 Å². The molecule has 0 spiro atoms. The second-order valence-corrected chi connectivity index (χ2v) is 5.29. The highest BCUT2D eigenvalue weighted by Crippen LogP contribution is 2.21. The molecule has 5 nitrogen and oxygen atoms in total. The summed E-state index contributed by atoms with van der Waals surface area (Å²) in [7, 11) is 1.90. The Labute approximate surface area is 131 Å². The van der Waals surface area contributed by atoms with E-state index >= 15 is 0 Å². The van der Waals surface area contributed by atoms with E-state index < -0.39 is 0 Å². The summed E-state index contributed by atoms with van der Waals surface area (Å²) < 4.78 is 5.70. The van der Waals surface area contributed by atoms with E-state index in [0.29, 0.717) is 25.3 Å². The van der Waals surface area contributed by atoms with Crippen LogP contribution in [-0.4, -0.2) is 31.0 Å². The van der Waals surface area contributed by atoms with Gasteiger partial charge in [0, 0.05) is 24.9 Å². The molecule has 118 valence electrons. The van der Waals surface area contributed by atoms with Crippen molar-refractivity contribution in [2.75, 3.05) is 20.1 Å². The van der Waals surface area contributed by atoms with Crippen LogP contribution in [0.3, 0.4) is 0 Å². The molecule has 0 radical (unpaired) electrons. The highest BCUT2D eigenvalue weighted by atomic mass is 16.4. The number of aromatic nitrogens is 1. The molecule has 1 aromatic carbocycles. The fraction of sp³-hybridized carbons (Fsp3) is 0.412. The predicted molar refractivity (Wildman–Crippen MR) is 86.6 cm³/mol. The lowest BCUT2D eigenvalue weighted by atomic mass is 10.1. The first kappa shape index (κ1) is 16.2. The standard InChI is InChI=1S/C17H23N3O2/c1-13-4-6-14(7-5-13)15-12-20-17(22-15)9-8-16(21)19-11-3-10-18-2/h4-7,12,18H,3,8-11H2,1-2H3,(H,19,21). The molecule has 0 aliphatic heterocycles. The molecule has 22 heavy (non-hydrogen) atoms. The molecule has 0 bridgehead atoms. The van der Waals surface area contributed by atoms with Crippen LogP contribution in [-0.2, 0) is 11.2 Å². The summed E-state index contributed by atoms with van der Waals surface area (Å²) in [6, 6.07) is 8.09. The molecular formula is C17H23N3O2. The summed E-state index contributed by atoms with van der Waals surface area (Å²) in [4.78, 5) is 15.9. The molecule has 2 rings (SSSR count). The van der Waals surface area contributed by atoms with Crippen molar-refractivity contribution in [1.82, 2.24) is 15.6 Å². The van der Waals surface area contributed by atoms with Gasteiger partial charge in [0.2, 0.25) is 5.91 Å². The van der Waals surface area contributed by atoms with E-state index in [1.807, 2.05) is 38.2 Å². The number of benzene rings is 1. The maximum atomic E-state index is 11.7. The van der Waals surface area contributed by atoms with Crippen molar-refractivity contribution in [3.8, 4) is 11.3 Å². The van der Waals surface area contributed by atoms with Gasteiger partial charge in [0.05, 0.1) is 6.20 Å². The van der Waals surface area contributed by atoms with Gasteiger partial charge in [-0.3, -0.25) is 4.79 Å². The van der Waals surface area contributed by atoms with Gasteiger partial charge in [-0.25, -0.2) is 4.98 Å². The molecule has 1 aromatic heterocycles. The van der Waals surface area contributed by atoms with Crippen molar-refractivity contribution >= 4 is 5.91 Å². The molecule has 0 saturated heterocycles. The lowest BCUT2D eigenvalue weighted by Crippen LogP contribution is -2.26. The van der Waals surface area contributed by atoms with Gasteiger partial charge in [0.15, 0.2) is 11.7 Å². The largest absolute Gasteiger partial charge is 0.441 e. The van der Waals surface area contributed by atoms with Gasteiger partial charge in [0.25, 0.3) is 0 Å². The smallest absolute Gasteiger partial charge is 0.220 e. The van der Waals surface area contributed by atoms with Gasteiger partial charge in [-0.2, -0.15) is 0 Å². The molecule has 0 atom stereocenters. The van der Waals surface area contributed by atoms with Crippen molar-refractivity contribution in [2.24, 2.45) is 0 Å². The lowest BCUT2D eigenvalue weighted by Gasteiger charge is -2.03. The van der Waals surface area contributed by atoms with Crippen molar-refractivity contribution in [2.45, 2.75) is 26.2 Å². The second-order valence-electron chi connectivity index (χ2n) is 5.29. The topological polar surface area (TPSA) is 67.2 Å². The molecule has 0 aliphatic carbocycles. The maximum absolute atomic E-state index is 11.7. The summed E-state index contributed by atoms with van der Waals surface area (Å²) >= 11 is 0. The molecule has 1 heterocycles. The van der Waals surface area contributed by atoms with Crippen LogP contribution in [0.15, 0.2) is 34.9 Å². The van der Waals surface area contributed by atoms with E-state index in [9.17, 15) is 4.79 Å². The van der Waals surface area contributed by atoms with E-state index in [0.717, 1.165) is 24.3 Å². The first-order valence-electron chi connectivity index (χ1n) is 7.62. The molecule has 5 heteroatoms. The third-order valence-electron chi connectivity index (χ3n) is 3.38. The number of rotatable bonds is 8. The minimum atomic E-state index is 0.0335. The van der Waals surface area contributed by atoms with E-state index in [-0.39, 0.29) is 5.91 Å². The number of nitrogens with one attached hydrogen (secondary N) is 2. The quantitative estimate of drug-likeness (QED) is 0.734. The van der Waals surface area contributed by atoms with Crippen molar-refractivity contribution < 1.29 is 9.21 Å². The van der Waals surface area contributed by atoms with E-state index in [1.165, 1.54) is 5.56 Å². The Morgan fingerprint density at radius 3 is 2.73 bits per heavy atom. The third-order valence-corrected chi connectivity index (χ3v) is 3.38. The normalized spacial score (nSPS) is 10.6. The number of carbonyl (C=O) groups excluding carboxylic acids is 1. The van der Waals surface area contributed by atoms with Crippen molar-refractivity contribution in [3.63, 3.8) is 0 Å². The highest BCUT2D eigenvalue weighted by Gasteiger charge is 2.08. The fourth-order valence-electron chi connectivity index (χ4n) is 2.08. The first-order valence-corrected chi connectivity index (χ1v) is 7.62.